The molecule has 0 atom stereocenters. The molecule has 1 aromatic carbocycles. The maximum Gasteiger partial charge on any atom is 0.262 e. The summed E-state index contributed by atoms with van der Waals surface area (Å²) >= 11 is 4.87. The number of hydrogen-bond acceptors (Lipinski definition) is 5. The minimum atomic E-state index is -0.0254. The number of aromatic nitrogens is 2. The van der Waals surface area contributed by atoms with E-state index in [9.17, 15) is 4.79 Å². The molecule has 1 heterocycles. The van der Waals surface area contributed by atoms with E-state index in [1.165, 1.54) is 11.8 Å². The highest BCUT2D eigenvalue weighted by Gasteiger charge is 2.10. The summed E-state index contributed by atoms with van der Waals surface area (Å²) in [6.07, 6.45) is 0. The number of thioether (sulfide) groups is 1. The highest BCUT2D eigenvalue weighted by atomic mass is 79.9. The lowest BCUT2D eigenvalue weighted by atomic mass is 10.2. The number of ether oxygens (including phenoxy) is 1. The van der Waals surface area contributed by atoms with Gasteiger partial charge in [0.15, 0.2) is 5.16 Å². The Morgan fingerprint density at radius 1 is 1.43 bits per heavy atom. The Morgan fingerprint density at radius 2 is 2.24 bits per heavy atom. The number of halogens is 1. The number of benzene rings is 1. The van der Waals surface area contributed by atoms with Gasteiger partial charge in [-0.15, -0.1) is 0 Å². The van der Waals surface area contributed by atoms with Crippen LogP contribution in [-0.4, -0.2) is 40.2 Å². The summed E-state index contributed by atoms with van der Waals surface area (Å²) in [6, 6.07) is 5.52. The molecule has 0 radical (unpaired) electrons. The first kappa shape index (κ1) is 16.5. The van der Waals surface area contributed by atoms with Crippen LogP contribution in [0.25, 0.3) is 10.9 Å². The van der Waals surface area contributed by atoms with Crippen molar-refractivity contribution in [2.24, 2.45) is 0 Å². The van der Waals surface area contributed by atoms with Crippen LogP contribution in [0.4, 0.5) is 0 Å². The molecule has 1 N–H and O–H groups in total. The van der Waals surface area contributed by atoms with Crippen molar-refractivity contribution in [3.63, 3.8) is 0 Å². The number of nitrogens with zero attached hydrogens (tertiary/aromatic N) is 2. The SMILES string of the molecule is CCn1c(SCCOCCO)nc2ccc(Br)cc2c1=O. The summed E-state index contributed by atoms with van der Waals surface area (Å²) in [5, 5.41) is 9.97. The Labute approximate surface area is 135 Å². The van der Waals surface area contributed by atoms with Gasteiger partial charge in [0.1, 0.15) is 0 Å². The van der Waals surface area contributed by atoms with Gasteiger partial charge in [0.05, 0.1) is 30.7 Å². The van der Waals surface area contributed by atoms with E-state index >= 15 is 0 Å². The van der Waals surface area contributed by atoms with E-state index in [1.54, 1.807) is 10.6 Å². The molecule has 1 aromatic heterocycles. The molecule has 0 saturated carbocycles. The van der Waals surface area contributed by atoms with Gasteiger partial charge in [0.25, 0.3) is 5.56 Å². The number of aliphatic hydroxyl groups excluding tert-OH is 1. The smallest absolute Gasteiger partial charge is 0.262 e. The Balaban J connectivity index is 2.26. The predicted molar refractivity (Wildman–Crippen MR) is 88.0 cm³/mol. The molecule has 0 bridgehead atoms. The third-order valence-electron chi connectivity index (χ3n) is 2.89. The minimum absolute atomic E-state index is 0.0213. The Morgan fingerprint density at radius 3 is 2.95 bits per heavy atom. The Kier molecular flexibility index (Phi) is 6.22. The maximum atomic E-state index is 12.5. The van der Waals surface area contributed by atoms with Gasteiger partial charge in [-0.05, 0) is 25.1 Å². The third kappa shape index (κ3) is 4.06. The fourth-order valence-electron chi connectivity index (χ4n) is 1.92. The van der Waals surface area contributed by atoms with Crippen LogP contribution in [0, 0.1) is 0 Å². The standard InChI is InChI=1S/C14H17BrN2O3S/c1-2-17-13(19)11-9-10(15)3-4-12(11)16-14(17)21-8-7-20-6-5-18/h3-4,9,18H,2,5-8H2,1H3. The zero-order chi connectivity index (χ0) is 15.2. The zero-order valence-electron chi connectivity index (χ0n) is 11.7. The minimum Gasteiger partial charge on any atom is -0.394 e. The first-order valence-corrected chi connectivity index (χ1v) is 8.46. The van der Waals surface area contributed by atoms with Crippen molar-refractivity contribution < 1.29 is 9.84 Å². The van der Waals surface area contributed by atoms with Gasteiger partial charge in [-0.1, -0.05) is 27.7 Å². The maximum absolute atomic E-state index is 12.5. The molecule has 2 rings (SSSR count). The first-order chi connectivity index (χ1) is 10.2. The van der Waals surface area contributed by atoms with Crippen molar-refractivity contribution in [1.82, 2.24) is 9.55 Å². The van der Waals surface area contributed by atoms with Crippen molar-refractivity contribution in [2.45, 2.75) is 18.6 Å². The molecule has 0 fully saturated rings. The predicted octanol–water partition coefficient (Wildman–Crippen LogP) is 2.28. The average Bonchev–Trinajstić information content (AvgIpc) is 2.48. The molecular weight excluding hydrogens is 356 g/mol. The van der Waals surface area contributed by atoms with Crippen LogP contribution < -0.4 is 5.56 Å². The summed E-state index contributed by atoms with van der Waals surface area (Å²) < 4.78 is 7.76. The van der Waals surface area contributed by atoms with Gasteiger partial charge >= 0.3 is 0 Å². The molecule has 114 valence electrons. The van der Waals surface area contributed by atoms with E-state index in [0.717, 1.165) is 4.47 Å². The summed E-state index contributed by atoms with van der Waals surface area (Å²) in [5.41, 5.74) is 0.675. The second-order valence-electron chi connectivity index (χ2n) is 4.29. The molecular formula is C14H17BrN2O3S. The van der Waals surface area contributed by atoms with Crippen molar-refractivity contribution in [1.29, 1.82) is 0 Å². The van der Waals surface area contributed by atoms with Crippen LogP contribution in [0.15, 0.2) is 32.6 Å². The molecule has 0 unspecified atom stereocenters. The van der Waals surface area contributed by atoms with Crippen LogP contribution in [0.3, 0.4) is 0 Å². The van der Waals surface area contributed by atoms with Gasteiger partial charge in [-0.2, -0.15) is 0 Å². The lowest BCUT2D eigenvalue weighted by molar-refractivity contribution is 0.103. The van der Waals surface area contributed by atoms with Gasteiger partial charge in [-0.25, -0.2) is 4.98 Å². The van der Waals surface area contributed by atoms with Crippen LogP contribution in [0.1, 0.15) is 6.92 Å². The molecule has 2 aromatic rings. The van der Waals surface area contributed by atoms with E-state index in [1.807, 2.05) is 19.1 Å². The largest absolute Gasteiger partial charge is 0.394 e. The van der Waals surface area contributed by atoms with Crippen LogP contribution in [0.5, 0.6) is 0 Å². The highest BCUT2D eigenvalue weighted by Crippen LogP contribution is 2.20. The fourth-order valence-corrected chi connectivity index (χ4v) is 3.20. The lowest BCUT2D eigenvalue weighted by Crippen LogP contribution is -2.22. The molecule has 7 heteroatoms. The second kappa shape index (κ2) is 7.93. The van der Waals surface area contributed by atoms with E-state index in [2.05, 4.69) is 20.9 Å². The molecule has 5 nitrogen and oxygen atoms in total. The second-order valence-corrected chi connectivity index (χ2v) is 6.27. The lowest BCUT2D eigenvalue weighted by Gasteiger charge is -2.11. The molecule has 0 aliphatic heterocycles. The molecule has 0 spiro atoms. The van der Waals surface area contributed by atoms with Crippen molar-refractivity contribution in [2.75, 3.05) is 25.6 Å². The first-order valence-electron chi connectivity index (χ1n) is 6.69. The fraction of sp³-hybridized carbons (Fsp3) is 0.429. The van der Waals surface area contributed by atoms with Crippen LogP contribution >= 0.6 is 27.7 Å². The monoisotopic (exact) mass is 372 g/mol. The normalized spacial score (nSPS) is 11.2. The topological polar surface area (TPSA) is 64.3 Å². The summed E-state index contributed by atoms with van der Waals surface area (Å²) in [4.78, 5) is 17.1. The van der Waals surface area contributed by atoms with Gasteiger partial charge < -0.3 is 9.84 Å². The number of rotatable bonds is 7. The van der Waals surface area contributed by atoms with Gasteiger partial charge in [0, 0.05) is 16.8 Å². The summed E-state index contributed by atoms with van der Waals surface area (Å²) in [6.45, 7) is 3.38. The van der Waals surface area contributed by atoms with Crippen LogP contribution in [-0.2, 0) is 11.3 Å². The van der Waals surface area contributed by atoms with Gasteiger partial charge in [-0.3, -0.25) is 9.36 Å². The average molecular weight is 373 g/mol. The number of fused-ring (bicyclic) bond motifs is 1. The highest BCUT2D eigenvalue weighted by molar-refractivity contribution is 9.10. The third-order valence-corrected chi connectivity index (χ3v) is 4.33. The van der Waals surface area contributed by atoms with E-state index in [4.69, 9.17) is 9.84 Å². The molecule has 0 aliphatic carbocycles. The summed E-state index contributed by atoms with van der Waals surface area (Å²) in [7, 11) is 0. The molecule has 0 saturated heterocycles. The zero-order valence-corrected chi connectivity index (χ0v) is 14.1. The molecule has 0 aliphatic rings. The van der Waals surface area contributed by atoms with E-state index in [-0.39, 0.29) is 12.2 Å². The van der Waals surface area contributed by atoms with Crippen molar-refractivity contribution in [3.8, 4) is 0 Å². The van der Waals surface area contributed by atoms with Gasteiger partial charge in [0.2, 0.25) is 0 Å². The molecule has 21 heavy (non-hydrogen) atoms. The number of hydrogen-bond donors (Lipinski definition) is 1. The number of aliphatic hydroxyl groups is 1. The molecule has 0 amide bonds. The van der Waals surface area contributed by atoms with Crippen molar-refractivity contribution >= 4 is 38.6 Å². The quantitative estimate of drug-likeness (QED) is 0.458. The summed E-state index contributed by atoms with van der Waals surface area (Å²) in [5.74, 6) is 0.689. The Hall–Kier alpha value is -0.890. The van der Waals surface area contributed by atoms with E-state index < -0.39 is 0 Å². The van der Waals surface area contributed by atoms with E-state index in [0.29, 0.717) is 41.6 Å². The van der Waals surface area contributed by atoms with Crippen molar-refractivity contribution in [3.05, 3.63) is 33.0 Å². The van der Waals surface area contributed by atoms with Crippen LogP contribution in [0.2, 0.25) is 0 Å². The Bertz CT molecular complexity index is 675.